The summed E-state index contributed by atoms with van der Waals surface area (Å²) in [5.74, 6) is 2.97. The number of anilines is 1. The highest BCUT2D eigenvalue weighted by atomic mass is 16.7. The number of hydrogen-bond donors (Lipinski definition) is 1. The number of aryl methyl sites for hydroxylation is 1. The van der Waals surface area contributed by atoms with Gasteiger partial charge in [0.1, 0.15) is 5.82 Å². The molecule has 0 spiro atoms. The van der Waals surface area contributed by atoms with Crippen LogP contribution in [0.15, 0.2) is 30.3 Å². The Bertz CT molecular complexity index is 1100. The van der Waals surface area contributed by atoms with Crippen molar-refractivity contribution in [2.45, 2.75) is 57.3 Å². The van der Waals surface area contributed by atoms with E-state index < -0.39 is 0 Å². The Morgan fingerprint density at radius 2 is 2.00 bits per heavy atom. The summed E-state index contributed by atoms with van der Waals surface area (Å²) >= 11 is 0. The molecule has 5 rings (SSSR count). The Balaban J connectivity index is 1.13. The number of ether oxygens (including phenoxy) is 3. The number of methoxy groups -OCH3 is 1. The molecule has 3 aliphatic heterocycles. The topological polar surface area (TPSA) is 90.0 Å². The molecule has 4 heterocycles. The maximum atomic E-state index is 12.9. The second-order valence-electron chi connectivity index (χ2n) is 10.0. The molecule has 8 heteroatoms. The number of likely N-dealkylation sites (tertiary alicyclic amines) is 1. The van der Waals surface area contributed by atoms with E-state index in [9.17, 15) is 9.59 Å². The van der Waals surface area contributed by atoms with Crippen LogP contribution in [0.4, 0.5) is 5.82 Å². The number of rotatable bonds is 8. The molecule has 1 atom stereocenters. The first-order valence-corrected chi connectivity index (χ1v) is 13.1. The van der Waals surface area contributed by atoms with Crippen molar-refractivity contribution in [1.82, 2.24) is 9.88 Å². The number of esters is 1. The summed E-state index contributed by atoms with van der Waals surface area (Å²) in [4.78, 5) is 31.7. The lowest BCUT2D eigenvalue weighted by Crippen LogP contribution is -2.39. The van der Waals surface area contributed by atoms with Crippen molar-refractivity contribution in [2.75, 3.05) is 38.9 Å². The van der Waals surface area contributed by atoms with E-state index in [0.717, 1.165) is 86.7 Å². The van der Waals surface area contributed by atoms with Crippen LogP contribution in [-0.2, 0) is 27.2 Å². The van der Waals surface area contributed by atoms with E-state index in [0.29, 0.717) is 18.8 Å². The molecule has 3 aliphatic rings. The van der Waals surface area contributed by atoms with E-state index in [1.54, 1.807) is 0 Å². The van der Waals surface area contributed by atoms with E-state index in [4.69, 9.17) is 14.2 Å². The normalized spacial score (nSPS) is 17.8. The number of piperidine rings is 1. The minimum absolute atomic E-state index is 0.0651. The van der Waals surface area contributed by atoms with E-state index in [-0.39, 0.29) is 24.6 Å². The molecule has 36 heavy (non-hydrogen) atoms. The van der Waals surface area contributed by atoms with Crippen LogP contribution in [0.5, 0.6) is 11.5 Å². The molecule has 1 saturated heterocycles. The second-order valence-corrected chi connectivity index (χ2v) is 10.0. The number of hydrogen-bond acceptors (Lipinski definition) is 7. The molecule has 1 aromatic carbocycles. The smallest absolute Gasteiger partial charge is 0.306 e. The minimum atomic E-state index is -0.205. The van der Waals surface area contributed by atoms with Gasteiger partial charge >= 0.3 is 5.97 Å². The lowest BCUT2D eigenvalue weighted by atomic mass is 9.84. The average Bonchev–Trinajstić information content (AvgIpc) is 3.39. The maximum Gasteiger partial charge on any atom is 0.306 e. The molecule has 0 radical (unpaired) electrons. The monoisotopic (exact) mass is 493 g/mol. The third-order valence-corrected chi connectivity index (χ3v) is 7.68. The summed E-state index contributed by atoms with van der Waals surface area (Å²) in [6, 6.07) is 10.0. The number of amides is 1. The Morgan fingerprint density at radius 3 is 2.83 bits per heavy atom. The number of aromatic nitrogens is 1. The summed E-state index contributed by atoms with van der Waals surface area (Å²) in [5.41, 5.74) is 3.15. The van der Waals surface area contributed by atoms with Gasteiger partial charge in [-0.1, -0.05) is 12.1 Å². The van der Waals surface area contributed by atoms with Crippen LogP contribution in [0.3, 0.4) is 0 Å². The minimum Gasteiger partial charge on any atom is -0.469 e. The molecular formula is C28H35N3O5. The van der Waals surface area contributed by atoms with Crippen LogP contribution in [0, 0.1) is 5.92 Å². The Hall–Kier alpha value is -3.29. The van der Waals surface area contributed by atoms with Crippen LogP contribution >= 0.6 is 0 Å². The lowest BCUT2D eigenvalue weighted by molar-refractivity contribution is -0.141. The van der Waals surface area contributed by atoms with Gasteiger partial charge in [0.15, 0.2) is 11.5 Å². The van der Waals surface area contributed by atoms with Crippen molar-refractivity contribution in [2.24, 2.45) is 5.92 Å². The number of nitrogens with one attached hydrogen (secondary N) is 1. The van der Waals surface area contributed by atoms with Gasteiger partial charge in [0, 0.05) is 19.6 Å². The zero-order valence-electron chi connectivity index (χ0n) is 21.0. The van der Waals surface area contributed by atoms with Gasteiger partial charge in [-0.3, -0.25) is 9.59 Å². The summed E-state index contributed by atoms with van der Waals surface area (Å²) in [7, 11) is 1.43. The summed E-state index contributed by atoms with van der Waals surface area (Å²) in [6.45, 7) is 2.73. The summed E-state index contributed by atoms with van der Waals surface area (Å²) < 4.78 is 15.9. The van der Waals surface area contributed by atoms with Gasteiger partial charge < -0.3 is 24.4 Å². The molecule has 1 aromatic heterocycles. The standard InChI is InChI=1S/C28H35N3O5/c1-34-27(33)16-22(21-7-9-24-25(15-21)36-18-35-24)5-4-19-10-13-31(14-11-19)26(32)17-23-8-6-20-3-2-12-29-28(20)30-23/h6-9,15,19,22H,2-5,10-14,16-18H2,1H3,(H,29,30). The van der Waals surface area contributed by atoms with Crippen molar-refractivity contribution in [3.8, 4) is 11.5 Å². The first-order chi connectivity index (χ1) is 17.6. The van der Waals surface area contributed by atoms with Crippen LogP contribution in [0.1, 0.15) is 61.3 Å². The predicted octanol–water partition coefficient (Wildman–Crippen LogP) is 4.08. The molecule has 1 N–H and O–H groups in total. The van der Waals surface area contributed by atoms with Gasteiger partial charge in [0.05, 0.1) is 25.6 Å². The van der Waals surface area contributed by atoms with Crippen LogP contribution < -0.4 is 14.8 Å². The maximum absolute atomic E-state index is 12.9. The Morgan fingerprint density at radius 1 is 1.17 bits per heavy atom. The van der Waals surface area contributed by atoms with Crippen molar-refractivity contribution < 1.29 is 23.8 Å². The van der Waals surface area contributed by atoms with E-state index >= 15 is 0 Å². The van der Waals surface area contributed by atoms with Crippen LogP contribution in [-0.4, -0.2) is 55.3 Å². The molecule has 0 bridgehead atoms. The van der Waals surface area contributed by atoms with Gasteiger partial charge in [-0.15, -0.1) is 0 Å². The first kappa shape index (κ1) is 24.4. The zero-order valence-corrected chi connectivity index (χ0v) is 21.0. The molecule has 2 aromatic rings. The van der Waals surface area contributed by atoms with Gasteiger partial charge in [-0.2, -0.15) is 0 Å². The largest absolute Gasteiger partial charge is 0.469 e. The van der Waals surface area contributed by atoms with Crippen molar-refractivity contribution in [1.29, 1.82) is 0 Å². The number of fused-ring (bicyclic) bond motifs is 2. The average molecular weight is 494 g/mol. The molecule has 1 fully saturated rings. The van der Waals surface area contributed by atoms with Crippen LogP contribution in [0.25, 0.3) is 0 Å². The van der Waals surface area contributed by atoms with E-state index in [1.807, 2.05) is 29.2 Å². The predicted molar refractivity (Wildman–Crippen MR) is 135 cm³/mol. The Kier molecular flexibility index (Phi) is 7.58. The number of benzene rings is 1. The number of carbonyl (C=O) groups is 2. The van der Waals surface area contributed by atoms with Gasteiger partial charge in [0.2, 0.25) is 12.7 Å². The third kappa shape index (κ3) is 5.74. The number of pyridine rings is 1. The Labute approximate surface area is 212 Å². The highest BCUT2D eigenvalue weighted by molar-refractivity contribution is 5.78. The summed E-state index contributed by atoms with van der Waals surface area (Å²) in [6.07, 6.45) is 6.74. The van der Waals surface area contributed by atoms with Crippen molar-refractivity contribution >= 4 is 17.7 Å². The fraction of sp³-hybridized carbons (Fsp3) is 0.536. The quantitative estimate of drug-likeness (QED) is 0.554. The van der Waals surface area contributed by atoms with Gasteiger partial charge in [-0.05, 0) is 79.7 Å². The summed E-state index contributed by atoms with van der Waals surface area (Å²) in [5, 5.41) is 3.35. The molecular weight excluding hydrogens is 458 g/mol. The van der Waals surface area contributed by atoms with Gasteiger partial charge in [0.25, 0.3) is 0 Å². The van der Waals surface area contributed by atoms with E-state index in [1.165, 1.54) is 12.7 Å². The molecule has 0 aliphatic carbocycles. The third-order valence-electron chi connectivity index (χ3n) is 7.68. The molecule has 0 saturated carbocycles. The number of nitrogens with zero attached hydrogens (tertiary/aromatic N) is 2. The lowest BCUT2D eigenvalue weighted by Gasteiger charge is -2.33. The fourth-order valence-corrected chi connectivity index (χ4v) is 5.48. The van der Waals surface area contributed by atoms with Crippen molar-refractivity contribution in [3.63, 3.8) is 0 Å². The molecule has 8 nitrogen and oxygen atoms in total. The first-order valence-electron chi connectivity index (χ1n) is 13.1. The van der Waals surface area contributed by atoms with Crippen LogP contribution in [0.2, 0.25) is 0 Å². The highest BCUT2D eigenvalue weighted by Crippen LogP contribution is 2.38. The fourth-order valence-electron chi connectivity index (χ4n) is 5.48. The molecule has 1 unspecified atom stereocenters. The van der Waals surface area contributed by atoms with Gasteiger partial charge in [-0.25, -0.2) is 4.98 Å². The SMILES string of the molecule is COC(=O)CC(CCC1CCN(C(=O)Cc2ccc3c(n2)NCCC3)CC1)c1ccc2c(c1)OCO2. The van der Waals surface area contributed by atoms with Crippen molar-refractivity contribution in [3.05, 3.63) is 47.2 Å². The molecule has 1 amide bonds. The number of carbonyl (C=O) groups excluding carboxylic acids is 2. The highest BCUT2D eigenvalue weighted by Gasteiger charge is 2.26. The zero-order chi connectivity index (χ0) is 24.9. The second kappa shape index (κ2) is 11.2. The van der Waals surface area contributed by atoms with E-state index in [2.05, 4.69) is 16.4 Å². The molecule has 192 valence electrons.